The first-order valence-electron chi connectivity index (χ1n) is 6.54. The number of halogens is 1. The van der Waals surface area contributed by atoms with E-state index in [0.717, 1.165) is 9.20 Å². The average Bonchev–Trinajstić information content (AvgIpc) is 2.70. The highest BCUT2D eigenvalue weighted by Crippen LogP contribution is 2.30. The summed E-state index contributed by atoms with van der Waals surface area (Å²) in [7, 11) is -3.75. The van der Waals surface area contributed by atoms with Gasteiger partial charge < -0.3 is 0 Å². The fourth-order valence-corrected chi connectivity index (χ4v) is 4.75. The highest BCUT2D eigenvalue weighted by Gasteiger charge is 2.40. The van der Waals surface area contributed by atoms with Crippen molar-refractivity contribution in [2.75, 3.05) is 12.3 Å². The number of amides is 1. The van der Waals surface area contributed by atoms with Crippen molar-refractivity contribution in [1.29, 1.82) is 0 Å². The number of fused-ring (bicyclic) bond motifs is 1. The van der Waals surface area contributed by atoms with Gasteiger partial charge in [0.2, 0.25) is 0 Å². The lowest BCUT2D eigenvalue weighted by Gasteiger charge is -2.14. The van der Waals surface area contributed by atoms with Gasteiger partial charge in [0.05, 0.1) is 5.56 Å². The number of benzene rings is 2. The predicted molar refractivity (Wildman–Crippen MR) is 81.8 cm³/mol. The van der Waals surface area contributed by atoms with Crippen molar-refractivity contribution in [2.24, 2.45) is 0 Å². The molecule has 1 heterocycles. The number of carbonyl (C=O) groups excluding carboxylic acids is 1. The summed E-state index contributed by atoms with van der Waals surface area (Å²) < 4.78 is 38.4. The van der Waals surface area contributed by atoms with Crippen molar-refractivity contribution in [3.8, 4) is 0 Å². The lowest BCUT2D eigenvalue weighted by molar-refractivity contribution is 0.0876. The van der Waals surface area contributed by atoms with Crippen LogP contribution in [0.2, 0.25) is 0 Å². The van der Waals surface area contributed by atoms with Crippen molar-refractivity contribution in [1.82, 2.24) is 4.31 Å². The molecule has 0 saturated heterocycles. The second-order valence-corrected chi connectivity index (χ2v) is 7.68. The van der Waals surface area contributed by atoms with Crippen LogP contribution in [0.25, 0.3) is 0 Å². The Morgan fingerprint density at radius 1 is 1.05 bits per heavy atom. The van der Waals surface area contributed by atoms with Crippen molar-refractivity contribution in [3.63, 3.8) is 0 Å². The van der Waals surface area contributed by atoms with Crippen molar-refractivity contribution >= 4 is 27.7 Å². The molecule has 0 aliphatic carbocycles. The molecule has 1 aliphatic heterocycles. The van der Waals surface area contributed by atoms with Gasteiger partial charge in [-0.05, 0) is 36.4 Å². The van der Waals surface area contributed by atoms with Crippen molar-refractivity contribution < 1.29 is 17.6 Å². The fourth-order valence-electron chi connectivity index (χ4n) is 2.23. The fraction of sp³-hybridized carbons (Fsp3) is 0.133. The van der Waals surface area contributed by atoms with Gasteiger partial charge in [0.25, 0.3) is 15.9 Å². The van der Waals surface area contributed by atoms with E-state index in [9.17, 15) is 17.6 Å². The van der Waals surface area contributed by atoms with E-state index in [1.54, 1.807) is 24.3 Å². The zero-order valence-electron chi connectivity index (χ0n) is 11.4. The Labute approximate surface area is 132 Å². The minimum absolute atomic E-state index is 0.0618. The predicted octanol–water partition coefficient (Wildman–Crippen LogP) is 2.76. The Morgan fingerprint density at radius 2 is 1.73 bits per heavy atom. The monoisotopic (exact) mass is 337 g/mol. The SMILES string of the molecule is O=C1c2ccccc2S(=O)(=O)N1CCSc1ccc(F)cc1. The van der Waals surface area contributed by atoms with E-state index < -0.39 is 15.9 Å². The number of thioether (sulfide) groups is 1. The first kappa shape index (κ1) is 15.1. The molecule has 0 radical (unpaired) electrons. The Morgan fingerprint density at radius 3 is 2.41 bits per heavy atom. The van der Waals surface area contributed by atoms with Crippen LogP contribution >= 0.6 is 11.8 Å². The lowest BCUT2D eigenvalue weighted by Crippen LogP contribution is -2.32. The third-order valence-electron chi connectivity index (χ3n) is 3.29. The highest BCUT2D eigenvalue weighted by molar-refractivity contribution is 7.99. The van der Waals surface area contributed by atoms with E-state index in [1.807, 2.05) is 0 Å². The number of sulfonamides is 1. The molecular weight excluding hydrogens is 325 g/mol. The van der Waals surface area contributed by atoms with E-state index in [0.29, 0.717) is 5.75 Å². The molecule has 0 atom stereocenters. The number of hydrogen-bond acceptors (Lipinski definition) is 4. The molecule has 0 saturated carbocycles. The second kappa shape index (κ2) is 5.73. The van der Waals surface area contributed by atoms with E-state index in [1.165, 1.54) is 36.0 Å². The van der Waals surface area contributed by atoms with Gasteiger partial charge in [-0.2, -0.15) is 0 Å². The molecule has 1 amide bonds. The Balaban J connectivity index is 1.71. The van der Waals surface area contributed by atoms with Crippen LogP contribution in [-0.4, -0.2) is 30.9 Å². The molecule has 2 aromatic rings. The molecular formula is C15H12FNO3S2. The summed E-state index contributed by atoms with van der Waals surface area (Å²) >= 11 is 1.37. The van der Waals surface area contributed by atoms with Crippen LogP contribution in [0.1, 0.15) is 10.4 Å². The molecule has 4 nitrogen and oxygen atoms in total. The van der Waals surface area contributed by atoms with E-state index in [-0.39, 0.29) is 22.8 Å². The summed E-state index contributed by atoms with van der Waals surface area (Å²) in [6.07, 6.45) is 0. The minimum Gasteiger partial charge on any atom is -0.268 e. The molecule has 7 heteroatoms. The molecule has 1 aliphatic rings. The summed E-state index contributed by atoms with van der Waals surface area (Å²) in [4.78, 5) is 13.1. The van der Waals surface area contributed by atoms with Gasteiger partial charge in [-0.3, -0.25) is 4.79 Å². The normalized spacial score (nSPS) is 15.9. The summed E-state index contributed by atoms with van der Waals surface area (Å²) in [5.74, 6) is -0.405. The second-order valence-electron chi connectivity index (χ2n) is 4.68. The van der Waals surface area contributed by atoms with Crippen LogP contribution in [0.15, 0.2) is 58.3 Å². The van der Waals surface area contributed by atoms with Gasteiger partial charge in [-0.1, -0.05) is 12.1 Å². The molecule has 0 spiro atoms. The highest BCUT2D eigenvalue weighted by atomic mass is 32.2. The first-order chi connectivity index (χ1) is 10.5. The topological polar surface area (TPSA) is 54.5 Å². The van der Waals surface area contributed by atoms with E-state index >= 15 is 0 Å². The molecule has 0 fully saturated rings. The zero-order chi connectivity index (χ0) is 15.7. The molecule has 3 rings (SSSR count). The lowest BCUT2D eigenvalue weighted by atomic mass is 10.2. The average molecular weight is 337 g/mol. The van der Waals surface area contributed by atoms with Crippen LogP contribution in [-0.2, 0) is 10.0 Å². The maximum absolute atomic E-state index is 12.8. The Kier molecular flexibility index (Phi) is 3.92. The first-order valence-corrected chi connectivity index (χ1v) is 8.97. The van der Waals surface area contributed by atoms with Gasteiger partial charge >= 0.3 is 0 Å². The summed E-state index contributed by atoms with van der Waals surface area (Å²) in [5, 5.41) is 0. The van der Waals surface area contributed by atoms with Gasteiger partial charge in [0.1, 0.15) is 10.7 Å². The number of rotatable bonds is 4. The number of hydrogen-bond donors (Lipinski definition) is 0. The molecule has 0 N–H and O–H groups in total. The molecule has 114 valence electrons. The van der Waals surface area contributed by atoms with Crippen LogP contribution in [0.5, 0.6) is 0 Å². The Bertz CT molecular complexity index is 819. The third kappa shape index (κ3) is 2.62. The van der Waals surface area contributed by atoms with Crippen LogP contribution in [0.3, 0.4) is 0 Å². The molecule has 0 unspecified atom stereocenters. The van der Waals surface area contributed by atoms with Crippen LogP contribution < -0.4 is 0 Å². The molecule has 2 aromatic carbocycles. The summed E-state index contributed by atoms with van der Waals surface area (Å²) in [5.41, 5.74) is 0.217. The van der Waals surface area contributed by atoms with Gasteiger partial charge in [0, 0.05) is 17.2 Å². The van der Waals surface area contributed by atoms with Gasteiger partial charge in [-0.25, -0.2) is 17.1 Å². The molecule has 22 heavy (non-hydrogen) atoms. The van der Waals surface area contributed by atoms with Gasteiger partial charge in [-0.15, -0.1) is 11.8 Å². The standard InChI is InChI=1S/C15H12FNO3S2/c16-11-5-7-12(8-6-11)21-10-9-17-15(18)13-3-1-2-4-14(13)22(17,19)20/h1-8H,9-10H2. The zero-order valence-corrected chi connectivity index (χ0v) is 13.0. The number of nitrogens with zero attached hydrogens (tertiary/aromatic N) is 1. The molecule has 0 bridgehead atoms. The smallest absolute Gasteiger partial charge is 0.268 e. The quantitative estimate of drug-likeness (QED) is 0.805. The van der Waals surface area contributed by atoms with E-state index in [2.05, 4.69) is 0 Å². The third-order valence-corrected chi connectivity index (χ3v) is 6.12. The van der Waals surface area contributed by atoms with Crippen molar-refractivity contribution in [2.45, 2.75) is 9.79 Å². The maximum Gasteiger partial charge on any atom is 0.269 e. The van der Waals surface area contributed by atoms with Crippen LogP contribution in [0.4, 0.5) is 4.39 Å². The minimum atomic E-state index is -3.75. The maximum atomic E-state index is 12.8. The van der Waals surface area contributed by atoms with E-state index in [4.69, 9.17) is 0 Å². The summed E-state index contributed by atoms with van der Waals surface area (Å²) in [6.45, 7) is 0.0812. The van der Waals surface area contributed by atoms with Crippen molar-refractivity contribution in [3.05, 3.63) is 59.9 Å². The largest absolute Gasteiger partial charge is 0.269 e. The molecule has 0 aromatic heterocycles. The number of carbonyl (C=O) groups is 1. The van der Waals surface area contributed by atoms with Crippen LogP contribution in [0, 0.1) is 5.82 Å². The summed E-state index contributed by atoms with van der Waals surface area (Å²) in [6, 6.07) is 12.1. The van der Waals surface area contributed by atoms with Gasteiger partial charge in [0.15, 0.2) is 0 Å². The Hall–Kier alpha value is -1.86.